The summed E-state index contributed by atoms with van der Waals surface area (Å²) in [4.78, 5) is 16.2. The predicted octanol–water partition coefficient (Wildman–Crippen LogP) is 3.66. The number of fused-ring (bicyclic) bond motifs is 1. The molecule has 1 aromatic carbocycles. The Balaban J connectivity index is 1.37. The molecular formula is C22H21N7. The van der Waals surface area contributed by atoms with Crippen molar-refractivity contribution in [1.82, 2.24) is 30.0 Å². The van der Waals surface area contributed by atoms with E-state index in [0.29, 0.717) is 0 Å². The number of H-pyrrole nitrogens is 1. The molecule has 5 rings (SSSR count). The number of aromatic amines is 1. The Morgan fingerprint density at radius 2 is 1.97 bits per heavy atom. The molecule has 1 aliphatic rings. The van der Waals surface area contributed by atoms with Gasteiger partial charge in [-0.15, -0.1) is 0 Å². The van der Waals surface area contributed by atoms with E-state index in [1.807, 2.05) is 48.9 Å². The Bertz CT molecular complexity index is 1120. The van der Waals surface area contributed by atoms with E-state index < -0.39 is 0 Å². The van der Waals surface area contributed by atoms with Crippen LogP contribution in [-0.2, 0) is 13.0 Å². The van der Waals surface area contributed by atoms with Crippen LogP contribution in [-0.4, -0.2) is 43.6 Å². The molecule has 2 N–H and O–H groups in total. The van der Waals surface area contributed by atoms with Gasteiger partial charge in [-0.05, 0) is 43.3 Å². The summed E-state index contributed by atoms with van der Waals surface area (Å²) in [5.74, 6) is 1.54. The van der Waals surface area contributed by atoms with E-state index in [2.05, 4.69) is 43.5 Å². The summed E-state index contributed by atoms with van der Waals surface area (Å²) in [7, 11) is 2.13. The lowest BCUT2D eigenvalue weighted by Gasteiger charge is -2.23. The first-order chi connectivity index (χ1) is 14.2. The Hall–Kier alpha value is -3.58. The van der Waals surface area contributed by atoms with E-state index in [1.165, 1.54) is 5.56 Å². The number of pyridine rings is 1. The fourth-order valence-corrected chi connectivity index (χ4v) is 3.50. The van der Waals surface area contributed by atoms with E-state index in [4.69, 9.17) is 4.98 Å². The molecule has 0 spiro atoms. The molecule has 29 heavy (non-hydrogen) atoms. The lowest BCUT2D eigenvalue weighted by atomic mass is 10.1. The number of hydrogen-bond acceptors (Lipinski definition) is 6. The molecule has 7 nitrogen and oxygen atoms in total. The van der Waals surface area contributed by atoms with Crippen LogP contribution >= 0.6 is 0 Å². The second-order valence-corrected chi connectivity index (χ2v) is 7.28. The van der Waals surface area contributed by atoms with Gasteiger partial charge in [-0.25, -0.2) is 15.0 Å². The van der Waals surface area contributed by atoms with Gasteiger partial charge in [-0.3, -0.25) is 5.10 Å². The van der Waals surface area contributed by atoms with Crippen LogP contribution in [0, 0.1) is 0 Å². The Morgan fingerprint density at radius 3 is 2.79 bits per heavy atom. The summed E-state index contributed by atoms with van der Waals surface area (Å²) in [6.45, 7) is 1.93. The van der Waals surface area contributed by atoms with Gasteiger partial charge in [0.2, 0.25) is 0 Å². The first kappa shape index (κ1) is 17.5. The molecular weight excluding hydrogens is 362 g/mol. The Kier molecular flexibility index (Phi) is 4.50. The highest BCUT2D eigenvalue weighted by atomic mass is 15.1. The average molecular weight is 383 g/mol. The molecule has 4 heterocycles. The van der Waals surface area contributed by atoms with E-state index in [9.17, 15) is 0 Å². The predicted molar refractivity (Wildman–Crippen MR) is 113 cm³/mol. The molecule has 0 fully saturated rings. The van der Waals surface area contributed by atoms with Crippen LogP contribution in [0.3, 0.4) is 0 Å². The molecule has 144 valence electrons. The molecule has 0 atom stereocenters. The minimum atomic E-state index is 0.756. The smallest absolute Gasteiger partial charge is 0.159 e. The fraction of sp³-hybridized carbons (Fsp3) is 0.182. The quantitative estimate of drug-likeness (QED) is 0.560. The van der Waals surface area contributed by atoms with Gasteiger partial charge < -0.3 is 10.2 Å². The minimum Gasteiger partial charge on any atom is -0.340 e. The lowest BCUT2D eigenvalue weighted by molar-refractivity contribution is 0.307. The number of anilines is 2. The number of rotatable bonds is 4. The summed E-state index contributed by atoms with van der Waals surface area (Å²) in [5, 5.41) is 10.2. The van der Waals surface area contributed by atoms with E-state index in [1.54, 1.807) is 6.20 Å². The molecule has 0 aliphatic carbocycles. The summed E-state index contributed by atoms with van der Waals surface area (Å²) < 4.78 is 0. The first-order valence-electron chi connectivity index (χ1n) is 9.60. The zero-order valence-electron chi connectivity index (χ0n) is 16.1. The van der Waals surface area contributed by atoms with Gasteiger partial charge in [-0.1, -0.05) is 12.1 Å². The largest absolute Gasteiger partial charge is 0.340 e. The third-order valence-electron chi connectivity index (χ3n) is 5.12. The molecule has 4 aromatic rings. The zero-order valence-corrected chi connectivity index (χ0v) is 16.1. The van der Waals surface area contributed by atoms with Crippen molar-refractivity contribution in [2.75, 3.05) is 18.9 Å². The van der Waals surface area contributed by atoms with Crippen LogP contribution in [0.4, 0.5) is 11.5 Å². The number of nitrogens with one attached hydrogen (secondary N) is 2. The van der Waals surface area contributed by atoms with Crippen LogP contribution in [0.1, 0.15) is 11.3 Å². The topological polar surface area (TPSA) is 82.6 Å². The van der Waals surface area contributed by atoms with Crippen molar-refractivity contribution in [2.24, 2.45) is 0 Å². The number of benzene rings is 1. The highest BCUT2D eigenvalue weighted by Gasteiger charge is 2.16. The van der Waals surface area contributed by atoms with Crippen molar-refractivity contribution in [3.8, 4) is 22.5 Å². The molecule has 7 heteroatoms. The lowest BCUT2D eigenvalue weighted by Crippen LogP contribution is -2.27. The van der Waals surface area contributed by atoms with Crippen LogP contribution in [0.5, 0.6) is 0 Å². The van der Waals surface area contributed by atoms with Crippen molar-refractivity contribution >= 4 is 11.5 Å². The fourth-order valence-electron chi connectivity index (χ4n) is 3.50. The summed E-state index contributed by atoms with van der Waals surface area (Å²) in [6.07, 6.45) is 8.45. The van der Waals surface area contributed by atoms with E-state index >= 15 is 0 Å². The van der Waals surface area contributed by atoms with Crippen LogP contribution < -0.4 is 5.32 Å². The SMILES string of the molecule is CN1CCc2cnc(-c3cccc(Nc4ccc(-c5cn[nH]c5)cn4)c3)nc2C1. The number of likely N-dealkylation sites (N-methyl/N-ethyl adjacent to an activating group) is 1. The Labute approximate surface area is 168 Å². The first-order valence-corrected chi connectivity index (χ1v) is 9.60. The maximum absolute atomic E-state index is 4.82. The number of nitrogens with zero attached hydrogens (tertiary/aromatic N) is 5. The normalized spacial score (nSPS) is 13.8. The van der Waals surface area contributed by atoms with Gasteiger partial charge in [0, 0.05) is 54.1 Å². The van der Waals surface area contributed by atoms with Crippen molar-refractivity contribution in [1.29, 1.82) is 0 Å². The highest BCUT2D eigenvalue weighted by Crippen LogP contribution is 2.25. The van der Waals surface area contributed by atoms with Gasteiger partial charge >= 0.3 is 0 Å². The second-order valence-electron chi connectivity index (χ2n) is 7.28. The van der Waals surface area contributed by atoms with E-state index in [-0.39, 0.29) is 0 Å². The number of aromatic nitrogens is 5. The maximum atomic E-state index is 4.82. The molecule has 0 saturated heterocycles. The number of hydrogen-bond donors (Lipinski definition) is 2. The van der Waals surface area contributed by atoms with Gasteiger partial charge in [0.05, 0.1) is 11.9 Å². The third-order valence-corrected chi connectivity index (χ3v) is 5.12. The van der Waals surface area contributed by atoms with Crippen molar-refractivity contribution in [2.45, 2.75) is 13.0 Å². The van der Waals surface area contributed by atoms with E-state index in [0.717, 1.165) is 59.2 Å². The summed E-state index contributed by atoms with van der Waals surface area (Å²) >= 11 is 0. The van der Waals surface area contributed by atoms with Crippen LogP contribution in [0.15, 0.2) is 61.2 Å². The third kappa shape index (κ3) is 3.72. The van der Waals surface area contributed by atoms with Crippen LogP contribution in [0.2, 0.25) is 0 Å². The standard InChI is InChI=1S/C22H21N7/c1-29-8-7-17-11-24-22(28-20(17)14-29)15-3-2-4-19(9-15)27-21-6-5-16(10-23-21)18-12-25-26-13-18/h2-6,9-13H,7-8,14H2,1H3,(H,23,27)(H,25,26). The summed E-state index contributed by atoms with van der Waals surface area (Å²) in [5.41, 5.74) is 6.35. The molecule has 0 amide bonds. The molecule has 0 saturated carbocycles. The second kappa shape index (κ2) is 7.44. The molecule has 0 unspecified atom stereocenters. The van der Waals surface area contributed by atoms with Crippen molar-refractivity contribution < 1.29 is 0 Å². The van der Waals surface area contributed by atoms with Gasteiger partial charge in [-0.2, -0.15) is 5.10 Å². The van der Waals surface area contributed by atoms with Crippen molar-refractivity contribution in [3.63, 3.8) is 0 Å². The molecule has 1 aliphatic heterocycles. The summed E-state index contributed by atoms with van der Waals surface area (Å²) in [6, 6.07) is 12.1. The molecule has 0 bridgehead atoms. The maximum Gasteiger partial charge on any atom is 0.159 e. The Morgan fingerprint density at radius 1 is 1.00 bits per heavy atom. The van der Waals surface area contributed by atoms with Gasteiger partial charge in [0.1, 0.15) is 5.82 Å². The average Bonchev–Trinajstić information content (AvgIpc) is 3.29. The zero-order chi connectivity index (χ0) is 19.6. The molecule has 3 aromatic heterocycles. The van der Waals surface area contributed by atoms with Crippen molar-refractivity contribution in [3.05, 3.63) is 72.4 Å². The van der Waals surface area contributed by atoms with Gasteiger partial charge in [0.25, 0.3) is 0 Å². The minimum absolute atomic E-state index is 0.756. The monoisotopic (exact) mass is 383 g/mol. The highest BCUT2D eigenvalue weighted by molar-refractivity contribution is 5.67. The van der Waals surface area contributed by atoms with Gasteiger partial charge in [0.15, 0.2) is 5.82 Å². The van der Waals surface area contributed by atoms with Crippen LogP contribution in [0.25, 0.3) is 22.5 Å². The molecule has 0 radical (unpaired) electrons.